The van der Waals surface area contributed by atoms with Crippen molar-refractivity contribution in [1.29, 1.82) is 0 Å². The summed E-state index contributed by atoms with van der Waals surface area (Å²) in [5.41, 5.74) is 1.21. The average molecular weight is 238 g/mol. The van der Waals surface area contributed by atoms with E-state index in [4.69, 9.17) is 4.74 Å². The molecule has 0 saturated heterocycles. The van der Waals surface area contributed by atoms with E-state index in [0.29, 0.717) is 5.56 Å². The number of hydrogen-bond acceptors (Lipinski definition) is 4. The summed E-state index contributed by atoms with van der Waals surface area (Å²) in [6, 6.07) is 5.47. The molecule has 0 aliphatic rings. The molecule has 0 aliphatic carbocycles. The highest BCUT2D eigenvalue weighted by atomic mass is 32.2. The SMILES string of the molecule is CCOC(=O)C(=O)c1cc(SC)ccc1C. The zero-order valence-corrected chi connectivity index (χ0v) is 10.4. The first kappa shape index (κ1) is 12.8. The standard InChI is InChI=1S/C12H14O3S/c1-4-15-12(14)11(13)10-7-9(16-3)6-5-8(10)2/h5-7H,4H2,1-3H3. The summed E-state index contributed by atoms with van der Waals surface area (Å²) in [5, 5.41) is 0. The molecule has 0 heterocycles. The molecule has 0 aromatic heterocycles. The van der Waals surface area contributed by atoms with E-state index in [9.17, 15) is 9.59 Å². The Hall–Kier alpha value is -1.29. The van der Waals surface area contributed by atoms with Crippen molar-refractivity contribution in [2.24, 2.45) is 0 Å². The molecule has 0 spiro atoms. The minimum absolute atomic E-state index is 0.214. The molecular weight excluding hydrogens is 224 g/mol. The monoisotopic (exact) mass is 238 g/mol. The van der Waals surface area contributed by atoms with Crippen molar-refractivity contribution in [3.63, 3.8) is 0 Å². The zero-order chi connectivity index (χ0) is 12.1. The van der Waals surface area contributed by atoms with Gasteiger partial charge in [0.1, 0.15) is 0 Å². The van der Waals surface area contributed by atoms with Gasteiger partial charge in [-0.25, -0.2) is 4.79 Å². The highest BCUT2D eigenvalue weighted by Crippen LogP contribution is 2.19. The summed E-state index contributed by atoms with van der Waals surface area (Å²) < 4.78 is 4.69. The number of thioether (sulfide) groups is 1. The summed E-state index contributed by atoms with van der Waals surface area (Å²) in [4.78, 5) is 24.0. The number of ketones is 1. The van der Waals surface area contributed by atoms with Gasteiger partial charge in [0.15, 0.2) is 0 Å². The molecule has 1 aromatic carbocycles. The second-order valence-electron chi connectivity index (χ2n) is 3.23. The lowest BCUT2D eigenvalue weighted by Crippen LogP contribution is -2.18. The summed E-state index contributed by atoms with van der Waals surface area (Å²) in [6.07, 6.45) is 1.92. The molecule has 0 radical (unpaired) electrons. The Morgan fingerprint density at radius 3 is 2.62 bits per heavy atom. The number of ether oxygens (including phenoxy) is 1. The van der Waals surface area contributed by atoms with Crippen LogP contribution >= 0.6 is 11.8 Å². The predicted octanol–water partition coefficient (Wildman–Crippen LogP) is 2.46. The number of benzene rings is 1. The van der Waals surface area contributed by atoms with Crippen molar-refractivity contribution >= 4 is 23.5 Å². The lowest BCUT2D eigenvalue weighted by Gasteiger charge is -2.06. The van der Waals surface area contributed by atoms with Gasteiger partial charge < -0.3 is 4.74 Å². The summed E-state index contributed by atoms with van der Waals surface area (Å²) in [6.45, 7) is 3.69. The maximum atomic E-state index is 11.7. The number of hydrogen-bond donors (Lipinski definition) is 0. The quantitative estimate of drug-likeness (QED) is 0.350. The first-order valence-corrected chi connectivity index (χ1v) is 6.18. The number of Topliss-reactive ketones (excluding diaryl/α,β-unsaturated/α-hetero) is 1. The number of carbonyl (C=O) groups excluding carboxylic acids is 2. The second kappa shape index (κ2) is 5.70. The van der Waals surface area contributed by atoms with Gasteiger partial charge in [-0.3, -0.25) is 4.79 Å². The summed E-state index contributed by atoms with van der Waals surface area (Å²) in [7, 11) is 0. The van der Waals surface area contributed by atoms with Crippen LogP contribution in [0.1, 0.15) is 22.8 Å². The van der Waals surface area contributed by atoms with Crippen LogP contribution in [-0.4, -0.2) is 24.6 Å². The third-order valence-electron chi connectivity index (χ3n) is 2.15. The van der Waals surface area contributed by atoms with Gasteiger partial charge in [0, 0.05) is 10.5 Å². The van der Waals surface area contributed by atoms with Crippen LogP contribution in [0.25, 0.3) is 0 Å². The Kier molecular flexibility index (Phi) is 4.55. The Morgan fingerprint density at radius 1 is 1.38 bits per heavy atom. The molecule has 3 nitrogen and oxygen atoms in total. The van der Waals surface area contributed by atoms with Crippen molar-refractivity contribution in [2.45, 2.75) is 18.7 Å². The third kappa shape index (κ3) is 2.85. The molecule has 1 aromatic rings. The Labute approximate surface area is 99.2 Å². The molecule has 0 aliphatic heterocycles. The lowest BCUT2D eigenvalue weighted by atomic mass is 10.1. The summed E-state index contributed by atoms with van der Waals surface area (Å²) >= 11 is 1.53. The lowest BCUT2D eigenvalue weighted by molar-refractivity contribution is -0.137. The van der Waals surface area contributed by atoms with E-state index in [1.165, 1.54) is 11.8 Å². The van der Waals surface area contributed by atoms with Gasteiger partial charge in [-0.15, -0.1) is 11.8 Å². The van der Waals surface area contributed by atoms with Crippen LogP contribution in [0.3, 0.4) is 0 Å². The molecular formula is C12H14O3S. The van der Waals surface area contributed by atoms with Crippen molar-refractivity contribution in [1.82, 2.24) is 0 Å². The van der Waals surface area contributed by atoms with E-state index in [-0.39, 0.29) is 6.61 Å². The number of carbonyl (C=O) groups is 2. The highest BCUT2D eigenvalue weighted by molar-refractivity contribution is 7.98. The Balaban J connectivity index is 3.02. The van der Waals surface area contributed by atoms with E-state index in [1.807, 2.05) is 18.4 Å². The van der Waals surface area contributed by atoms with Gasteiger partial charge in [-0.05, 0) is 37.8 Å². The Morgan fingerprint density at radius 2 is 2.06 bits per heavy atom. The van der Waals surface area contributed by atoms with Gasteiger partial charge in [0.25, 0.3) is 5.78 Å². The fourth-order valence-corrected chi connectivity index (χ4v) is 1.72. The molecule has 0 unspecified atom stereocenters. The van der Waals surface area contributed by atoms with Gasteiger partial charge in [0.2, 0.25) is 0 Å². The molecule has 0 fully saturated rings. The van der Waals surface area contributed by atoms with Crippen LogP contribution in [0.4, 0.5) is 0 Å². The van der Waals surface area contributed by atoms with Gasteiger partial charge in [-0.1, -0.05) is 6.07 Å². The average Bonchev–Trinajstić information content (AvgIpc) is 2.29. The van der Waals surface area contributed by atoms with Crippen molar-refractivity contribution in [2.75, 3.05) is 12.9 Å². The Bertz CT molecular complexity index is 413. The van der Waals surface area contributed by atoms with E-state index in [1.54, 1.807) is 19.9 Å². The van der Waals surface area contributed by atoms with Gasteiger partial charge in [-0.2, -0.15) is 0 Å². The number of aryl methyl sites for hydroxylation is 1. The van der Waals surface area contributed by atoms with E-state index < -0.39 is 11.8 Å². The largest absolute Gasteiger partial charge is 0.460 e. The minimum Gasteiger partial charge on any atom is -0.460 e. The van der Waals surface area contributed by atoms with Crippen LogP contribution in [0.15, 0.2) is 23.1 Å². The van der Waals surface area contributed by atoms with Crippen molar-refractivity contribution in [3.8, 4) is 0 Å². The first-order chi connectivity index (χ1) is 7.60. The maximum absolute atomic E-state index is 11.7. The maximum Gasteiger partial charge on any atom is 0.379 e. The van der Waals surface area contributed by atoms with Crippen LogP contribution in [0, 0.1) is 6.92 Å². The topological polar surface area (TPSA) is 43.4 Å². The van der Waals surface area contributed by atoms with E-state index in [0.717, 1.165) is 10.5 Å². The normalized spacial score (nSPS) is 9.94. The molecule has 1 rings (SSSR count). The van der Waals surface area contributed by atoms with Crippen LogP contribution in [0.2, 0.25) is 0 Å². The number of esters is 1. The molecule has 0 atom stereocenters. The fourth-order valence-electron chi connectivity index (χ4n) is 1.28. The molecule has 0 amide bonds. The van der Waals surface area contributed by atoms with Gasteiger partial charge in [0.05, 0.1) is 6.61 Å². The second-order valence-corrected chi connectivity index (χ2v) is 4.11. The van der Waals surface area contributed by atoms with Crippen LogP contribution in [0.5, 0.6) is 0 Å². The minimum atomic E-state index is -0.788. The predicted molar refractivity (Wildman–Crippen MR) is 63.9 cm³/mol. The fraction of sp³-hybridized carbons (Fsp3) is 0.333. The third-order valence-corrected chi connectivity index (χ3v) is 2.88. The summed E-state index contributed by atoms with van der Waals surface area (Å²) in [5.74, 6) is -1.36. The molecule has 4 heteroatoms. The molecule has 0 bridgehead atoms. The first-order valence-electron chi connectivity index (χ1n) is 4.96. The molecule has 0 saturated carbocycles. The van der Waals surface area contributed by atoms with Crippen LogP contribution in [-0.2, 0) is 9.53 Å². The van der Waals surface area contributed by atoms with Crippen molar-refractivity contribution < 1.29 is 14.3 Å². The molecule has 0 N–H and O–H groups in total. The van der Waals surface area contributed by atoms with Gasteiger partial charge >= 0.3 is 5.97 Å². The molecule has 86 valence electrons. The highest BCUT2D eigenvalue weighted by Gasteiger charge is 2.19. The van der Waals surface area contributed by atoms with Crippen molar-refractivity contribution in [3.05, 3.63) is 29.3 Å². The van der Waals surface area contributed by atoms with Crippen LogP contribution < -0.4 is 0 Å². The molecule has 16 heavy (non-hydrogen) atoms. The van der Waals surface area contributed by atoms with E-state index in [2.05, 4.69) is 0 Å². The zero-order valence-electron chi connectivity index (χ0n) is 9.57. The number of rotatable bonds is 4. The smallest absolute Gasteiger partial charge is 0.379 e. The van der Waals surface area contributed by atoms with E-state index >= 15 is 0 Å².